The molecule has 0 aliphatic carbocycles. The minimum absolute atomic E-state index is 0.555. The molecule has 1 N–H and O–H groups in total. The molecular formula is C15H22N2O4. The van der Waals surface area contributed by atoms with Crippen LogP contribution in [0.4, 0.5) is 0 Å². The van der Waals surface area contributed by atoms with Crippen LogP contribution in [-0.4, -0.2) is 62.4 Å². The molecule has 0 spiro atoms. The quantitative estimate of drug-likeness (QED) is 0.470. The molecule has 0 saturated carbocycles. The second-order valence-corrected chi connectivity index (χ2v) is 4.69. The highest BCUT2D eigenvalue weighted by Crippen LogP contribution is 2.28. The molecule has 2 rings (SSSR count). The zero-order valence-electron chi connectivity index (χ0n) is 12.3. The van der Waals surface area contributed by atoms with E-state index in [1.54, 1.807) is 6.07 Å². The summed E-state index contributed by atoms with van der Waals surface area (Å²) in [7, 11) is 0. The van der Waals surface area contributed by atoms with Crippen molar-refractivity contribution in [1.82, 2.24) is 4.90 Å². The molecule has 0 atom stereocenters. The topological polar surface area (TPSA) is 63.5 Å². The summed E-state index contributed by atoms with van der Waals surface area (Å²) in [6, 6.07) is 5.46. The van der Waals surface area contributed by atoms with Crippen molar-refractivity contribution < 1.29 is 19.4 Å². The molecule has 1 heterocycles. The number of nitrogens with zero attached hydrogens (tertiary/aromatic N) is 2. The molecule has 0 aromatic heterocycles. The van der Waals surface area contributed by atoms with E-state index in [9.17, 15) is 0 Å². The van der Waals surface area contributed by atoms with Crippen LogP contribution in [0, 0.1) is 0 Å². The molecule has 1 aliphatic rings. The maximum atomic E-state index is 8.58. The number of morpholine rings is 1. The third-order valence-corrected chi connectivity index (χ3v) is 3.24. The highest BCUT2D eigenvalue weighted by Gasteiger charge is 2.11. The first-order valence-electron chi connectivity index (χ1n) is 7.20. The van der Waals surface area contributed by atoms with Crippen LogP contribution < -0.4 is 9.47 Å². The van der Waals surface area contributed by atoms with Crippen molar-refractivity contribution in [2.75, 3.05) is 46.1 Å². The molecule has 1 fully saturated rings. The first kappa shape index (κ1) is 15.6. The Bertz CT molecular complexity index is 459. The van der Waals surface area contributed by atoms with Crippen LogP contribution in [0.3, 0.4) is 0 Å². The normalized spacial score (nSPS) is 16.2. The summed E-state index contributed by atoms with van der Waals surface area (Å²) in [4.78, 5) is 2.32. The number of ether oxygens (including phenoxy) is 3. The predicted molar refractivity (Wildman–Crippen MR) is 79.7 cm³/mol. The summed E-state index contributed by atoms with van der Waals surface area (Å²) in [5, 5.41) is 11.6. The Morgan fingerprint density at radius 3 is 2.81 bits per heavy atom. The van der Waals surface area contributed by atoms with E-state index in [2.05, 4.69) is 10.1 Å². The van der Waals surface area contributed by atoms with Crippen molar-refractivity contribution in [3.8, 4) is 11.5 Å². The fourth-order valence-corrected chi connectivity index (χ4v) is 2.17. The monoisotopic (exact) mass is 294 g/mol. The lowest BCUT2D eigenvalue weighted by Crippen LogP contribution is -2.38. The van der Waals surface area contributed by atoms with Crippen molar-refractivity contribution in [2.24, 2.45) is 5.16 Å². The van der Waals surface area contributed by atoms with Crippen molar-refractivity contribution in [3.05, 3.63) is 23.8 Å². The third kappa shape index (κ3) is 4.91. The first-order valence-corrected chi connectivity index (χ1v) is 7.20. The Labute approximate surface area is 124 Å². The average Bonchev–Trinajstić information content (AvgIpc) is 2.51. The van der Waals surface area contributed by atoms with Gasteiger partial charge in [0.05, 0.1) is 26.0 Å². The van der Waals surface area contributed by atoms with E-state index in [0.29, 0.717) is 24.7 Å². The summed E-state index contributed by atoms with van der Waals surface area (Å²) >= 11 is 0. The molecule has 1 aliphatic heterocycles. The molecule has 0 unspecified atom stereocenters. The molecule has 1 saturated heterocycles. The number of rotatable bonds is 7. The SMILES string of the molecule is CCOc1cc(C=NO)ccc1OCCN1CCOCC1. The van der Waals surface area contributed by atoms with Crippen LogP contribution in [0.2, 0.25) is 0 Å². The van der Waals surface area contributed by atoms with Gasteiger partial charge in [-0.1, -0.05) is 5.16 Å². The zero-order valence-corrected chi connectivity index (χ0v) is 12.3. The molecule has 6 heteroatoms. The molecule has 6 nitrogen and oxygen atoms in total. The maximum Gasteiger partial charge on any atom is 0.161 e. The molecule has 0 amide bonds. The summed E-state index contributed by atoms with van der Waals surface area (Å²) in [5.41, 5.74) is 0.765. The van der Waals surface area contributed by atoms with Gasteiger partial charge in [-0.3, -0.25) is 4.90 Å². The van der Waals surface area contributed by atoms with Crippen LogP contribution in [0.5, 0.6) is 11.5 Å². The van der Waals surface area contributed by atoms with Gasteiger partial charge < -0.3 is 19.4 Å². The molecule has 116 valence electrons. The molecule has 1 aromatic rings. The third-order valence-electron chi connectivity index (χ3n) is 3.24. The lowest BCUT2D eigenvalue weighted by molar-refractivity contribution is 0.0321. The van der Waals surface area contributed by atoms with Gasteiger partial charge in [0.2, 0.25) is 0 Å². The smallest absolute Gasteiger partial charge is 0.161 e. The van der Waals surface area contributed by atoms with Gasteiger partial charge in [-0.15, -0.1) is 0 Å². The Morgan fingerprint density at radius 1 is 1.29 bits per heavy atom. The zero-order chi connectivity index (χ0) is 14.9. The molecular weight excluding hydrogens is 272 g/mol. The fraction of sp³-hybridized carbons (Fsp3) is 0.533. The van der Waals surface area contributed by atoms with E-state index in [4.69, 9.17) is 19.4 Å². The molecule has 21 heavy (non-hydrogen) atoms. The largest absolute Gasteiger partial charge is 0.490 e. The van der Waals surface area contributed by atoms with Crippen molar-refractivity contribution in [2.45, 2.75) is 6.92 Å². The lowest BCUT2D eigenvalue weighted by Gasteiger charge is -2.26. The van der Waals surface area contributed by atoms with Crippen LogP contribution in [0.1, 0.15) is 12.5 Å². The van der Waals surface area contributed by atoms with Gasteiger partial charge in [-0.2, -0.15) is 0 Å². The highest BCUT2D eigenvalue weighted by molar-refractivity contribution is 5.80. The van der Waals surface area contributed by atoms with E-state index >= 15 is 0 Å². The molecule has 0 bridgehead atoms. The Kier molecular flexibility index (Phi) is 6.30. The minimum atomic E-state index is 0.555. The van der Waals surface area contributed by atoms with Crippen molar-refractivity contribution in [1.29, 1.82) is 0 Å². The van der Waals surface area contributed by atoms with Gasteiger partial charge in [0.1, 0.15) is 6.61 Å². The van der Waals surface area contributed by atoms with E-state index in [1.807, 2.05) is 19.1 Å². The Morgan fingerprint density at radius 2 is 2.10 bits per heavy atom. The Balaban J connectivity index is 1.91. The average molecular weight is 294 g/mol. The number of benzene rings is 1. The van der Waals surface area contributed by atoms with E-state index in [1.165, 1.54) is 6.21 Å². The second kappa shape index (κ2) is 8.49. The molecule has 1 aromatic carbocycles. The van der Waals surface area contributed by atoms with E-state index in [0.717, 1.165) is 38.4 Å². The lowest BCUT2D eigenvalue weighted by atomic mass is 10.2. The van der Waals surface area contributed by atoms with Crippen molar-refractivity contribution >= 4 is 6.21 Å². The van der Waals surface area contributed by atoms with Crippen molar-refractivity contribution in [3.63, 3.8) is 0 Å². The minimum Gasteiger partial charge on any atom is -0.490 e. The van der Waals surface area contributed by atoms with Gasteiger partial charge in [0.25, 0.3) is 0 Å². The predicted octanol–water partition coefficient (Wildman–Crippen LogP) is 1.60. The summed E-state index contributed by atoms with van der Waals surface area (Å²) in [5.74, 6) is 1.37. The molecule has 0 radical (unpaired) electrons. The maximum absolute atomic E-state index is 8.58. The summed E-state index contributed by atoms with van der Waals surface area (Å²) in [6.45, 7) is 7.44. The summed E-state index contributed by atoms with van der Waals surface area (Å²) in [6.07, 6.45) is 1.36. The first-order chi connectivity index (χ1) is 10.3. The second-order valence-electron chi connectivity index (χ2n) is 4.69. The van der Waals surface area contributed by atoms with Crippen LogP contribution in [0.15, 0.2) is 23.4 Å². The number of oxime groups is 1. The van der Waals surface area contributed by atoms with Crippen LogP contribution in [-0.2, 0) is 4.74 Å². The Hall–Kier alpha value is -1.79. The fourth-order valence-electron chi connectivity index (χ4n) is 2.17. The summed E-state index contributed by atoms with van der Waals surface area (Å²) < 4.78 is 16.7. The number of hydrogen-bond acceptors (Lipinski definition) is 6. The van der Waals surface area contributed by atoms with E-state index < -0.39 is 0 Å². The van der Waals surface area contributed by atoms with Gasteiger partial charge in [0, 0.05) is 25.2 Å². The van der Waals surface area contributed by atoms with Gasteiger partial charge in [-0.05, 0) is 25.1 Å². The van der Waals surface area contributed by atoms with Gasteiger partial charge >= 0.3 is 0 Å². The van der Waals surface area contributed by atoms with E-state index in [-0.39, 0.29) is 0 Å². The van der Waals surface area contributed by atoms with Crippen LogP contribution in [0.25, 0.3) is 0 Å². The van der Waals surface area contributed by atoms with Gasteiger partial charge in [0.15, 0.2) is 11.5 Å². The van der Waals surface area contributed by atoms with Crippen LogP contribution >= 0.6 is 0 Å². The van der Waals surface area contributed by atoms with Gasteiger partial charge in [-0.25, -0.2) is 0 Å². The standard InChI is InChI=1S/C15H22N2O4/c1-2-20-15-11-13(12-16-18)3-4-14(15)21-10-7-17-5-8-19-9-6-17/h3-4,11-12,18H,2,5-10H2,1H3. The number of hydrogen-bond donors (Lipinski definition) is 1. The highest BCUT2D eigenvalue weighted by atomic mass is 16.5.